The Hall–Kier alpha value is -0.520. The number of aromatic nitrogens is 1. The molecule has 0 aromatic carbocycles. The van der Waals surface area contributed by atoms with Crippen LogP contribution >= 0.6 is 22.6 Å². The van der Waals surface area contributed by atoms with Crippen molar-refractivity contribution in [1.29, 1.82) is 0 Å². The van der Waals surface area contributed by atoms with Crippen LogP contribution in [0.4, 0.5) is 0 Å². The van der Waals surface area contributed by atoms with Crippen LogP contribution in [0.2, 0.25) is 0 Å². The number of hydrogen-bond acceptors (Lipinski definition) is 1. The zero-order valence-corrected chi connectivity index (χ0v) is 10.6. The van der Waals surface area contributed by atoms with Crippen molar-refractivity contribution in [3.63, 3.8) is 0 Å². The van der Waals surface area contributed by atoms with Crippen LogP contribution in [0.3, 0.4) is 0 Å². The van der Waals surface area contributed by atoms with Crippen molar-refractivity contribution in [2.75, 3.05) is 0 Å². The number of carbonyl (C=O) groups is 1. The van der Waals surface area contributed by atoms with Crippen molar-refractivity contribution in [2.45, 2.75) is 32.2 Å². The van der Waals surface area contributed by atoms with E-state index in [-0.39, 0.29) is 0 Å². The van der Waals surface area contributed by atoms with Gasteiger partial charge in [-0.25, -0.2) is 4.79 Å². The third-order valence-corrected chi connectivity index (χ3v) is 3.38. The van der Waals surface area contributed by atoms with Crippen LogP contribution < -0.4 is 0 Å². The van der Waals surface area contributed by atoms with E-state index in [1.165, 1.54) is 19.3 Å². The maximum atomic E-state index is 10.9. The van der Waals surface area contributed by atoms with Crippen molar-refractivity contribution in [3.8, 4) is 0 Å². The first-order valence-electron chi connectivity index (χ1n) is 5.26. The second-order valence-electron chi connectivity index (χ2n) is 4.13. The van der Waals surface area contributed by atoms with Gasteiger partial charge in [0.15, 0.2) is 0 Å². The summed E-state index contributed by atoms with van der Waals surface area (Å²) < 4.78 is 2.85. The number of rotatable bonds is 5. The summed E-state index contributed by atoms with van der Waals surface area (Å²) in [5.74, 6) is 0.0947. The van der Waals surface area contributed by atoms with E-state index in [2.05, 4.69) is 22.6 Å². The highest BCUT2D eigenvalue weighted by molar-refractivity contribution is 14.1. The van der Waals surface area contributed by atoms with Crippen LogP contribution in [-0.4, -0.2) is 15.6 Å². The summed E-state index contributed by atoms with van der Waals surface area (Å²) in [6.45, 7) is 0.834. The topological polar surface area (TPSA) is 42.2 Å². The van der Waals surface area contributed by atoms with Crippen molar-refractivity contribution in [3.05, 3.63) is 21.5 Å². The van der Waals surface area contributed by atoms with Gasteiger partial charge in [0, 0.05) is 16.3 Å². The van der Waals surface area contributed by atoms with Crippen LogP contribution in [0.15, 0.2) is 12.3 Å². The summed E-state index contributed by atoms with van der Waals surface area (Å²) in [5, 5.41) is 8.98. The average Bonchev–Trinajstić information content (AvgIpc) is 2.89. The molecule has 3 nitrogen and oxygen atoms in total. The summed E-state index contributed by atoms with van der Waals surface area (Å²) in [4.78, 5) is 10.9. The van der Waals surface area contributed by atoms with E-state index in [4.69, 9.17) is 5.11 Å². The number of carboxylic acids is 1. The smallest absolute Gasteiger partial charge is 0.352 e. The molecule has 0 atom stereocenters. The Kier molecular flexibility index (Phi) is 3.33. The Labute approximate surface area is 103 Å². The molecule has 1 aliphatic rings. The number of nitrogens with zero attached hydrogens (tertiary/aromatic N) is 1. The van der Waals surface area contributed by atoms with Gasteiger partial charge in [-0.1, -0.05) is 12.8 Å². The molecule has 0 saturated heterocycles. The molecule has 0 spiro atoms. The first-order valence-corrected chi connectivity index (χ1v) is 6.33. The maximum absolute atomic E-state index is 10.9. The average molecular weight is 319 g/mol. The fourth-order valence-electron chi connectivity index (χ4n) is 1.80. The molecular formula is C11H14INO2. The van der Waals surface area contributed by atoms with Crippen molar-refractivity contribution < 1.29 is 9.90 Å². The van der Waals surface area contributed by atoms with Crippen LogP contribution in [0.5, 0.6) is 0 Å². The van der Waals surface area contributed by atoms with Gasteiger partial charge in [0.25, 0.3) is 0 Å². The molecule has 1 aliphatic carbocycles. The molecule has 0 bridgehead atoms. The summed E-state index contributed by atoms with van der Waals surface area (Å²) >= 11 is 2.15. The SMILES string of the molecule is O=C(O)c1cc(I)cn1CCCC1CC1. The number of halogens is 1. The normalized spacial score (nSPS) is 15.5. The zero-order valence-electron chi connectivity index (χ0n) is 8.45. The van der Waals surface area contributed by atoms with E-state index in [1.807, 2.05) is 10.8 Å². The van der Waals surface area contributed by atoms with Gasteiger partial charge < -0.3 is 9.67 Å². The molecule has 1 saturated carbocycles. The minimum Gasteiger partial charge on any atom is -0.477 e. The Balaban J connectivity index is 1.95. The van der Waals surface area contributed by atoms with E-state index >= 15 is 0 Å². The molecule has 15 heavy (non-hydrogen) atoms. The van der Waals surface area contributed by atoms with E-state index in [0.717, 1.165) is 22.5 Å². The molecule has 0 aliphatic heterocycles. The summed E-state index contributed by atoms with van der Waals surface area (Å²) in [7, 11) is 0. The van der Waals surface area contributed by atoms with Crippen molar-refractivity contribution >= 4 is 28.6 Å². The highest BCUT2D eigenvalue weighted by atomic mass is 127. The van der Waals surface area contributed by atoms with E-state index in [0.29, 0.717) is 5.69 Å². The molecule has 1 fully saturated rings. The molecule has 2 rings (SSSR count). The zero-order chi connectivity index (χ0) is 10.8. The van der Waals surface area contributed by atoms with Crippen molar-refractivity contribution in [1.82, 2.24) is 4.57 Å². The van der Waals surface area contributed by atoms with Gasteiger partial charge in [-0.3, -0.25) is 0 Å². The molecule has 0 amide bonds. The molecular weight excluding hydrogens is 305 g/mol. The summed E-state index contributed by atoms with van der Waals surface area (Å²) in [6.07, 6.45) is 6.99. The first-order chi connectivity index (χ1) is 7.16. The molecule has 82 valence electrons. The molecule has 1 heterocycles. The second kappa shape index (κ2) is 4.55. The Bertz CT molecular complexity index is 369. The third kappa shape index (κ3) is 2.96. The standard InChI is InChI=1S/C11H14INO2/c12-9-6-10(11(14)15)13(7-9)5-1-2-8-3-4-8/h6-8H,1-5H2,(H,14,15). The molecule has 1 N–H and O–H groups in total. The lowest BCUT2D eigenvalue weighted by Gasteiger charge is -2.05. The van der Waals surface area contributed by atoms with Crippen LogP contribution in [0.25, 0.3) is 0 Å². The molecule has 0 radical (unpaired) electrons. The molecule has 1 aromatic rings. The van der Waals surface area contributed by atoms with Crippen LogP contribution in [-0.2, 0) is 6.54 Å². The fourth-order valence-corrected chi connectivity index (χ4v) is 2.43. The summed E-state index contributed by atoms with van der Waals surface area (Å²) in [6, 6.07) is 1.72. The molecule has 0 unspecified atom stereocenters. The lowest BCUT2D eigenvalue weighted by atomic mass is 10.2. The predicted molar refractivity (Wildman–Crippen MR) is 66.1 cm³/mol. The number of aromatic carboxylic acids is 1. The predicted octanol–water partition coefficient (Wildman–Crippen LogP) is 2.98. The van der Waals surface area contributed by atoms with Gasteiger partial charge in [-0.15, -0.1) is 0 Å². The highest BCUT2D eigenvalue weighted by Crippen LogP contribution is 2.33. The van der Waals surface area contributed by atoms with Gasteiger partial charge in [-0.2, -0.15) is 0 Å². The molecule has 4 heteroatoms. The monoisotopic (exact) mass is 319 g/mol. The van der Waals surface area contributed by atoms with Crippen LogP contribution in [0, 0.1) is 9.49 Å². The van der Waals surface area contributed by atoms with Gasteiger partial charge in [0.1, 0.15) is 5.69 Å². The minimum absolute atomic E-state index is 0.412. The number of aryl methyl sites for hydroxylation is 1. The largest absolute Gasteiger partial charge is 0.477 e. The number of carboxylic acid groups (broad SMARTS) is 1. The first kappa shape index (κ1) is 11.0. The Morgan fingerprint density at radius 2 is 2.33 bits per heavy atom. The van der Waals surface area contributed by atoms with E-state index in [9.17, 15) is 4.79 Å². The Morgan fingerprint density at radius 3 is 2.93 bits per heavy atom. The third-order valence-electron chi connectivity index (χ3n) is 2.79. The summed E-state index contributed by atoms with van der Waals surface area (Å²) in [5.41, 5.74) is 0.412. The van der Waals surface area contributed by atoms with Gasteiger partial charge in [-0.05, 0) is 47.4 Å². The number of hydrogen-bond donors (Lipinski definition) is 1. The van der Waals surface area contributed by atoms with Crippen LogP contribution in [0.1, 0.15) is 36.2 Å². The quantitative estimate of drug-likeness (QED) is 0.848. The lowest BCUT2D eigenvalue weighted by molar-refractivity contribution is 0.0685. The molecule has 1 aromatic heterocycles. The highest BCUT2D eigenvalue weighted by Gasteiger charge is 2.20. The van der Waals surface area contributed by atoms with Gasteiger partial charge >= 0.3 is 5.97 Å². The maximum Gasteiger partial charge on any atom is 0.352 e. The fraction of sp³-hybridized carbons (Fsp3) is 0.545. The second-order valence-corrected chi connectivity index (χ2v) is 5.37. The van der Waals surface area contributed by atoms with Crippen molar-refractivity contribution in [2.24, 2.45) is 5.92 Å². The van der Waals surface area contributed by atoms with E-state index in [1.54, 1.807) is 6.07 Å². The lowest BCUT2D eigenvalue weighted by Crippen LogP contribution is -2.07. The Morgan fingerprint density at radius 1 is 1.60 bits per heavy atom. The van der Waals surface area contributed by atoms with E-state index < -0.39 is 5.97 Å². The van der Waals surface area contributed by atoms with Gasteiger partial charge in [0.05, 0.1) is 0 Å². The van der Waals surface area contributed by atoms with Gasteiger partial charge in [0.2, 0.25) is 0 Å². The minimum atomic E-state index is -0.829.